The van der Waals surface area contributed by atoms with Gasteiger partial charge in [-0.25, -0.2) is 13.1 Å². The maximum absolute atomic E-state index is 12.7. The Morgan fingerprint density at radius 1 is 1.00 bits per heavy atom. The van der Waals surface area contributed by atoms with Crippen LogP contribution in [0.2, 0.25) is 0 Å². The summed E-state index contributed by atoms with van der Waals surface area (Å²) in [5, 5.41) is 0. The molecule has 2 aromatic rings. The Balaban J connectivity index is 2.09. The molecule has 0 heterocycles. The second-order valence-electron chi connectivity index (χ2n) is 7.03. The molecule has 1 N–H and O–H groups in total. The summed E-state index contributed by atoms with van der Waals surface area (Å²) < 4.78 is 39.2. The molecule has 2 rings (SSSR count). The lowest BCUT2D eigenvalue weighted by Gasteiger charge is -2.17. The van der Waals surface area contributed by atoms with Gasteiger partial charge in [0.05, 0.1) is 12.0 Å². The molecular weight excluding hydrogens is 362 g/mol. The molecule has 148 valence electrons. The van der Waals surface area contributed by atoms with Crippen LogP contribution in [0, 0.1) is 20.8 Å². The lowest BCUT2D eigenvalue weighted by atomic mass is 10.0. The number of sulfonamides is 1. The lowest BCUT2D eigenvalue weighted by molar-refractivity contribution is 0.320. The smallest absolute Gasteiger partial charge is 0.240 e. The number of benzene rings is 2. The SMILES string of the molecule is COc1cc(C)c(S(=O)(=O)NCCOc2ccc(C)cc2C)cc1C(C)C. The van der Waals surface area contributed by atoms with Crippen molar-refractivity contribution >= 4 is 10.0 Å². The van der Waals surface area contributed by atoms with Crippen molar-refractivity contribution < 1.29 is 17.9 Å². The zero-order chi connectivity index (χ0) is 20.2. The van der Waals surface area contributed by atoms with E-state index in [0.29, 0.717) is 11.3 Å². The summed E-state index contributed by atoms with van der Waals surface area (Å²) in [6.07, 6.45) is 0. The van der Waals surface area contributed by atoms with E-state index in [1.807, 2.05) is 45.9 Å². The van der Waals surface area contributed by atoms with Crippen molar-refractivity contribution in [1.82, 2.24) is 4.72 Å². The Hall–Kier alpha value is -2.05. The molecule has 0 aliphatic rings. The van der Waals surface area contributed by atoms with Crippen LogP contribution >= 0.6 is 0 Å². The Kier molecular flexibility index (Phi) is 6.89. The Labute approximate surface area is 162 Å². The molecule has 0 atom stereocenters. The summed E-state index contributed by atoms with van der Waals surface area (Å²) in [5.41, 5.74) is 3.72. The van der Waals surface area contributed by atoms with Crippen LogP contribution in [-0.4, -0.2) is 28.7 Å². The second-order valence-corrected chi connectivity index (χ2v) is 8.76. The maximum atomic E-state index is 12.7. The number of ether oxygens (including phenoxy) is 2. The molecule has 0 aromatic heterocycles. The molecule has 0 spiro atoms. The summed E-state index contributed by atoms with van der Waals surface area (Å²) >= 11 is 0. The molecule has 0 bridgehead atoms. The molecule has 0 fully saturated rings. The predicted molar refractivity (Wildman–Crippen MR) is 108 cm³/mol. The molecule has 0 radical (unpaired) electrons. The Bertz CT molecular complexity index is 905. The number of rotatable bonds is 8. The van der Waals surface area contributed by atoms with E-state index in [9.17, 15) is 8.42 Å². The molecule has 0 aliphatic heterocycles. The van der Waals surface area contributed by atoms with E-state index >= 15 is 0 Å². The monoisotopic (exact) mass is 391 g/mol. The molecular formula is C21H29NO4S. The van der Waals surface area contributed by atoms with Crippen LogP contribution in [0.1, 0.15) is 42.0 Å². The van der Waals surface area contributed by atoms with Gasteiger partial charge in [0, 0.05) is 6.54 Å². The van der Waals surface area contributed by atoms with Crippen molar-refractivity contribution in [3.05, 3.63) is 52.6 Å². The lowest BCUT2D eigenvalue weighted by Crippen LogP contribution is -2.29. The van der Waals surface area contributed by atoms with Gasteiger partial charge in [-0.15, -0.1) is 0 Å². The summed E-state index contributed by atoms with van der Waals surface area (Å²) in [4.78, 5) is 0.276. The number of hydrogen-bond acceptors (Lipinski definition) is 4. The molecule has 0 amide bonds. The fraction of sp³-hybridized carbons (Fsp3) is 0.429. The summed E-state index contributed by atoms with van der Waals surface area (Å²) in [7, 11) is -2.03. The van der Waals surface area contributed by atoms with Crippen molar-refractivity contribution in [2.75, 3.05) is 20.3 Å². The molecule has 0 aliphatic carbocycles. The van der Waals surface area contributed by atoms with Gasteiger partial charge in [0.1, 0.15) is 18.1 Å². The highest BCUT2D eigenvalue weighted by atomic mass is 32.2. The van der Waals surface area contributed by atoms with E-state index in [-0.39, 0.29) is 24.0 Å². The van der Waals surface area contributed by atoms with Gasteiger partial charge in [0.25, 0.3) is 0 Å². The number of methoxy groups -OCH3 is 1. The third-order valence-corrected chi connectivity index (χ3v) is 6.02. The van der Waals surface area contributed by atoms with Gasteiger partial charge in [0.2, 0.25) is 10.0 Å². The first kappa shape index (κ1) is 21.3. The largest absolute Gasteiger partial charge is 0.496 e. The molecule has 6 heteroatoms. The van der Waals surface area contributed by atoms with Gasteiger partial charge in [-0.2, -0.15) is 0 Å². The summed E-state index contributed by atoms with van der Waals surface area (Å²) in [5.74, 6) is 1.63. The molecule has 27 heavy (non-hydrogen) atoms. The van der Waals surface area contributed by atoms with Gasteiger partial charge in [-0.05, 0) is 61.6 Å². The minimum atomic E-state index is -3.63. The van der Waals surface area contributed by atoms with Crippen LogP contribution < -0.4 is 14.2 Å². The van der Waals surface area contributed by atoms with E-state index < -0.39 is 10.0 Å². The van der Waals surface area contributed by atoms with Crippen molar-refractivity contribution in [3.8, 4) is 11.5 Å². The maximum Gasteiger partial charge on any atom is 0.240 e. The average molecular weight is 392 g/mol. The van der Waals surface area contributed by atoms with Crippen molar-refractivity contribution in [3.63, 3.8) is 0 Å². The summed E-state index contributed by atoms with van der Waals surface area (Å²) in [6, 6.07) is 9.39. The van der Waals surface area contributed by atoms with E-state index in [1.165, 1.54) is 0 Å². The number of hydrogen-bond donors (Lipinski definition) is 1. The fourth-order valence-corrected chi connectivity index (χ4v) is 4.24. The predicted octanol–water partition coefficient (Wildman–Crippen LogP) is 4.10. The fourth-order valence-electron chi connectivity index (χ4n) is 2.97. The molecule has 0 saturated heterocycles. The highest BCUT2D eigenvalue weighted by Gasteiger charge is 2.20. The first-order chi connectivity index (χ1) is 12.7. The quantitative estimate of drug-likeness (QED) is 0.688. The third-order valence-electron chi connectivity index (χ3n) is 4.42. The van der Waals surface area contributed by atoms with Crippen LogP contribution in [0.5, 0.6) is 11.5 Å². The van der Waals surface area contributed by atoms with E-state index in [0.717, 1.165) is 22.4 Å². The zero-order valence-corrected chi connectivity index (χ0v) is 17.7. The van der Waals surface area contributed by atoms with Crippen molar-refractivity contribution in [1.29, 1.82) is 0 Å². The second kappa shape index (κ2) is 8.76. The van der Waals surface area contributed by atoms with Gasteiger partial charge < -0.3 is 9.47 Å². The normalized spacial score (nSPS) is 11.7. The van der Waals surface area contributed by atoms with Crippen LogP contribution in [0.4, 0.5) is 0 Å². The first-order valence-electron chi connectivity index (χ1n) is 9.04. The Morgan fingerprint density at radius 3 is 2.30 bits per heavy atom. The molecule has 5 nitrogen and oxygen atoms in total. The van der Waals surface area contributed by atoms with E-state index in [1.54, 1.807) is 26.2 Å². The van der Waals surface area contributed by atoms with Crippen LogP contribution in [0.3, 0.4) is 0 Å². The van der Waals surface area contributed by atoms with E-state index in [4.69, 9.17) is 9.47 Å². The standard InChI is InChI=1S/C21H29NO4S/c1-14(2)18-13-21(17(5)12-20(18)25-6)27(23,24)22-9-10-26-19-8-7-15(3)11-16(19)4/h7-8,11-14,22H,9-10H2,1-6H3. The minimum absolute atomic E-state index is 0.155. The summed E-state index contributed by atoms with van der Waals surface area (Å²) in [6.45, 7) is 10.2. The molecule has 0 unspecified atom stereocenters. The van der Waals surface area contributed by atoms with Gasteiger partial charge in [0.15, 0.2) is 0 Å². The Morgan fingerprint density at radius 2 is 1.70 bits per heavy atom. The number of aryl methyl sites for hydroxylation is 3. The topological polar surface area (TPSA) is 64.6 Å². The van der Waals surface area contributed by atoms with Gasteiger partial charge >= 0.3 is 0 Å². The first-order valence-corrected chi connectivity index (χ1v) is 10.5. The highest BCUT2D eigenvalue weighted by molar-refractivity contribution is 7.89. The van der Waals surface area contributed by atoms with Gasteiger partial charge in [-0.3, -0.25) is 0 Å². The zero-order valence-electron chi connectivity index (χ0n) is 16.9. The number of nitrogens with one attached hydrogen (secondary N) is 1. The minimum Gasteiger partial charge on any atom is -0.496 e. The van der Waals surface area contributed by atoms with Crippen LogP contribution in [0.15, 0.2) is 35.2 Å². The third kappa shape index (κ3) is 5.23. The highest BCUT2D eigenvalue weighted by Crippen LogP contribution is 2.31. The van der Waals surface area contributed by atoms with Crippen molar-refractivity contribution in [2.45, 2.75) is 45.4 Å². The molecule has 0 saturated carbocycles. The molecule has 2 aromatic carbocycles. The average Bonchev–Trinajstić information content (AvgIpc) is 2.59. The van der Waals surface area contributed by atoms with Crippen molar-refractivity contribution in [2.24, 2.45) is 0 Å². The van der Waals surface area contributed by atoms with E-state index in [2.05, 4.69) is 4.72 Å². The van der Waals surface area contributed by atoms with Crippen LogP contribution in [-0.2, 0) is 10.0 Å². The van der Waals surface area contributed by atoms with Gasteiger partial charge in [-0.1, -0.05) is 31.5 Å². The van der Waals surface area contributed by atoms with Crippen LogP contribution in [0.25, 0.3) is 0 Å².